The lowest BCUT2D eigenvalue weighted by Gasteiger charge is -2.09. The van der Waals surface area contributed by atoms with Crippen LogP contribution in [0.1, 0.15) is 21.6 Å². The predicted molar refractivity (Wildman–Crippen MR) is 105 cm³/mol. The number of halogens is 1. The minimum absolute atomic E-state index is 0.262. The number of nitrogens with zero attached hydrogens (tertiary/aromatic N) is 2. The van der Waals surface area contributed by atoms with E-state index >= 15 is 0 Å². The van der Waals surface area contributed by atoms with Crippen molar-refractivity contribution in [3.63, 3.8) is 0 Å². The molecule has 1 heterocycles. The minimum Gasteiger partial charge on any atom is -0.370 e. The third-order valence-corrected chi connectivity index (χ3v) is 4.18. The van der Waals surface area contributed by atoms with Crippen LogP contribution in [0.25, 0.3) is 0 Å². The van der Waals surface area contributed by atoms with Gasteiger partial charge in [0.25, 0.3) is 5.91 Å². The van der Waals surface area contributed by atoms with Crippen LogP contribution in [-0.2, 0) is 6.42 Å². The van der Waals surface area contributed by atoms with Gasteiger partial charge in [0.2, 0.25) is 0 Å². The van der Waals surface area contributed by atoms with E-state index in [-0.39, 0.29) is 5.91 Å². The summed E-state index contributed by atoms with van der Waals surface area (Å²) in [5.74, 6) is 0.353. The van der Waals surface area contributed by atoms with Crippen LogP contribution in [0.5, 0.6) is 0 Å². The van der Waals surface area contributed by atoms with Crippen LogP contribution in [0.15, 0.2) is 60.9 Å². The van der Waals surface area contributed by atoms with Crippen molar-refractivity contribution in [1.82, 2.24) is 9.97 Å². The molecule has 0 atom stereocenters. The quantitative estimate of drug-likeness (QED) is 0.680. The molecule has 5 nitrogen and oxygen atoms in total. The summed E-state index contributed by atoms with van der Waals surface area (Å²) in [5.41, 5.74) is 3.26. The number of nitrogens with one attached hydrogen (secondary N) is 2. The van der Waals surface area contributed by atoms with E-state index in [4.69, 9.17) is 11.6 Å². The van der Waals surface area contributed by atoms with Crippen molar-refractivity contribution >= 4 is 29.0 Å². The molecule has 26 heavy (non-hydrogen) atoms. The molecule has 2 aromatic carbocycles. The van der Waals surface area contributed by atoms with Gasteiger partial charge in [-0.15, -0.1) is 0 Å². The maximum Gasteiger partial charge on any atom is 0.274 e. The first-order chi connectivity index (χ1) is 12.6. The summed E-state index contributed by atoms with van der Waals surface area (Å²) >= 11 is 5.89. The number of hydrogen-bond donors (Lipinski definition) is 2. The Kier molecular flexibility index (Phi) is 5.81. The first-order valence-corrected chi connectivity index (χ1v) is 8.67. The minimum atomic E-state index is -0.262. The van der Waals surface area contributed by atoms with Crippen LogP contribution in [0.3, 0.4) is 0 Å². The summed E-state index contributed by atoms with van der Waals surface area (Å²) in [5, 5.41) is 6.81. The van der Waals surface area contributed by atoms with Gasteiger partial charge >= 0.3 is 0 Å². The topological polar surface area (TPSA) is 66.9 Å². The first-order valence-electron chi connectivity index (χ1n) is 8.29. The van der Waals surface area contributed by atoms with Crippen molar-refractivity contribution < 1.29 is 4.79 Å². The number of amides is 1. The average Bonchev–Trinajstić information content (AvgIpc) is 2.65. The molecule has 0 saturated carbocycles. The highest BCUT2D eigenvalue weighted by atomic mass is 35.5. The molecular weight excluding hydrogens is 348 g/mol. The van der Waals surface area contributed by atoms with E-state index in [1.54, 1.807) is 6.07 Å². The number of carbonyl (C=O) groups excluding carboxylic acids is 1. The Hall–Kier alpha value is -2.92. The number of benzene rings is 2. The highest BCUT2D eigenvalue weighted by Crippen LogP contribution is 2.15. The molecule has 132 valence electrons. The Bertz CT molecular complexity index is 896. The lowest BCUT2D eigenvalue weighted by molar-refractivity contribution is 0.102. The van der Waals surface area contributed by atoms with E-state index in [0.717, 1.165) is 22.7 Å². The Morgan fingerprint density at radius 1 is 1.08 bits per heavy atom. The zero-order valence-electron chi connectivity index (χ0n) is 14.4. The molecule has 0 aliphatic carbocycles. The normalized spacial score (nSPS) is 10.4. The zero-order chi connectivity index (χ0) is 18.4. The summed E-state index contributed by atoms with van der Waals surface area (Å²) in [6, 6.07) is 17.0. The second kappa shape index (κ2) is 8.45. The van der Waals surface area contributed by atoms with Gasteiger partial charge in [-0.25, -0.2) is 9.97 Å². The van der Waals surface area contributed by atoms with Crippen LogP contribution in [0.4, 0.5) is 11.5 Å². The van der Waals surface area contributed by atoms with Crippen LogP contribution >= 0.6 is 11.6 Å². The number of hydrogen-bond acceptors (Lipinski definition) is 4. The van der Waals surface area contributed by atoms with Crippen LogP contribution in [-0.4, -0.2) is 22.4 Å². The van der Waals surface area contributed by atoms with Gasteiger partial charge in [0.1, 0.15) is 17.8 Å². The average molecular weight is 367 g/mol. The van der Waals surface area contributed by atoms with Gasteiger partial charge in [-0.2, -0.15) is 0 Å². The number of rotatable bonds is 6. The third-order valence-electron chi connectivity index (χ3n) is 3.93. The molecule has 1 amide bonds. The Morgan fingerprint density at radius 3 is 2.62 bits per heavy atom. The van der Waals surface area contributed by atoms with Gasteiger partial charge in [-0.1, -0.05) is 41.9 Å². The molecule has 0 bridgehead atoms. The van der Waals surface area contributed by atoms with Crippen molar-refractivity contribution in [3.05, 3.63) is 82.8 Å². The molecule has 0 unspecified atom stereocenters. The SMILES string of the molecule is Cc1ccccc1NC(=O)c1cc(NCCc2ccc(Cl)cc2)ncn1. The van der Waals surface area contributed by atoms with Crippen LogP contribution in [0, 0.1) is 6.92 Å². The summed E-state index contributed by atoms with van der Waals surface area (Å²) in [7, 11) is 0. The molecule has 6 heteroatoms. The molecule has 0 aliphatic heterocycles. The maximum absolute atomic E-state index is 12.4. The number of carbonyl (C=O) groups is 1. The number of aryl methyl sites for hydroxylation is 1. The lowest BCUT2D eigenvalue weighted by Crippen LogP contribution is -2.15. The molecule has 0 saturated heterocycles. The van der Waals surface area contributed by atoms with Crippen molar-refractivity contribution in [1.29, 1.82) is 0 Å². The molecule has 0 spiro atoms. The van der Waals surface area contributed by atoms with Gasteiger partial charge in [-0.05, 0) is 42.7 Å². The fraction of sp³-hybridized carbons (Fsp3) is 0.150. The van der Waals surface area contributed by atoms with Crippen molar-refractivity contribution in [2.24, 2.45) is 0 Å². The Balaban J connectivity index is 1.59. The summed E-state index contributed by atoms with van der Waals surface area (Å²) < 4.78 is 0. The van der Waals surface area contributed by atoms with Crippen molar-refractivity contribution in [3.8, 4) is 0 Å². The summed E-state index contributed by atoms with van der Waals surface area (Å²) in [4.78, 5) is 20.6. The van der Waals surface area contributed by atoms with Gasteiger partial charge in [-0.3, -0.25) is 4.79 Å². The highest BCUT2D eigenvalue weighted by Gasteiger charge is 2.10. The van der Waals surface area contributed by atoms with E-state index in [1.165, 1.54) is 11.9 Å². The highest BCUT2D eigenvalue weighted by molar-refractivity contribution is 6.30. The monoisotopic (exact) mass is 366 g/mol. The van der Waals surface area contributed by atoms with E-state index in [2.05, 4.69) is 20.6 Å². The van der Waals surface area contributed by atoms with E-state index in [1.807, 2.05) is 55.5 Å². The summed E-state index contributed by atoms with van der Waals surface area (Å²) in [6.45, 7) is 2.64. The smallest absolute Gasteiger partial charge is 0.274 e. The first kappa shape index (κ1) is 17.9. The van der Waals surface area contributed by atoms with E-state index < -0.39 is 0 Å². The van der Waals surface area contributed by atoms with Crippen LogP contribution in [0.2, 0.25) is 5.02 Å². The number of anilines is 2. The van der Waals surface area contributed by atoms with Gasteiger partial charge in [0, 0.05) is 23.3 Å². The Morgan fingerprint density at radius 2 is 1.85 bits per heavy atom. The van der Waals surface area contributed by atoms with Crippen LogP contribution < -0.4 is 10.6 Å². The standard InChI is InChI=1S/C20H19ClN4O/c1-14-4-2-3-5-17(14)25-20(26)18-12-19(24-13-23-18)22-11-10-15-6-8-16(21)9-7-15/h2-9,12-13H,10-11H2,1H3,(H,25,26)(H,22,23,24). The molecule has 0 aliphatic rings. The lowest BCUT2D eigenvalue weighted by atomic mass is 10.1. The second-order valence-electron chi connectivity index (χ2n) is 5.86. The summed E-state index contributed by atoms with van der Waals surface area (Å²) in [6.07, 6.45) is 2.21. The zero-order valence-corrected chi connectivity index (χ0v) is 15.1. The molecule has 3 rings (SSSR count). The molecule has 1 aromatic heterocycles. The third kappa shape index (κ3) is 4.80. The van der Waals surface area contributed by atoms with Crippen molar-refractivity contribution in [2.75, 3.05) is 17.2 Å². The van der Waals surface area contributed by atoms with E-state index in [0.29, 0.717) is 18.1 Å². The van der Waals surface area contributed by atoms with Gasteiger partial charge in [0.05, 0.1) is 0 Å². The molecule has 0 radical (unpaired) electrons. The molecular formula is C20H19ClN4O. The molecule has 2 N–H and O–H groups in total. The predicted octanol–water partition coefficient (Wildman–Crippen LogP) is 4.35. The van der Waals surface area contributed by atoms with E-state index in [9.17, 15) is 4.79 Å². The largest absolute Gasteiger partial charge is 0.370 e. The second-order valence-corrected chi connectivity index (χ2v) is 6.30. The fourth-order valence-electron chi connectivity index (χ4n) is 2.46. The fourth-order valence-corrected chi connectivity index (χ4v) is 2.59. The van der Waals surface area contributed by atoms with Gasteiger partial charge in [0.15, 0.2) is 0 Å². The van der Waals surface area contributed by atoms with Gasteiger partial charge < -0.3 is 10.6 Å². The molecule has 3 aromatic rings. The molecule has 0 fully saturated rings. The number of para-hydroxylation sites is 1. The maximum atomic E-state index is 12.4. The number of aromatic nitrogens is 2. The van der Waals surface area contributed by atoms with Crippen molar-refractivity contribution in [2.45, 2.75) is 13.3 Å². The Labute approximate surface area is 157 Å².